The fourth-order valence-electron chi connectivity index (χ4n) is 2.68. The van der Waals surface area contributed by atoms with Gasteiger partial charge in [-0.25, -0.2) is 9.59 Å². The van der Waals surface area contributed by atoms with Gasteiger partial charge in [0.05, 0.1) is 17.7 Å². The highest BCUT2D eigenvalue weighted by Crippen LogP contribution is 2.17. The zero-order valence-corrected chi connectivity index (χ0v) is 16.0. The molecular formula is C21H32O4. The molecule has 0 saturated heterocycles. The van der Waals surface area contributed by atoms with Gasteiger partial charge in [0.15, 0.2) is 0 Å². The average molecular weight is 348 g/mol. The van der Waals surface area contributed by atoms with Crippen LogP contribution in [0.3, 0.4) is 0 Å². The lowest BCUT2D eigenvalue weighted by Crippen LogP contribution is -2.24. The van der Waals surface area contributed by atoms with Gasteiger partial charge in [-0.1, -0.05) is 65.5 Å². The first kappa shape index (κ1) is 21.2. The lowest BCUT2D eigenvalue weighted by atomic mass is 10.0. The van der Waals surface area contributed by atoms with E-state index in [1.807, 2.05) is 20.8 Å². The predicted molar refractivity (Wildman–Crippen MR) is 99.8 cm³/mol. The van der Waals surface area contributed by atoms with Crippen molar-refractivity contribution in [1.82, 2.24) is 0 Å². The van der Waals surface area contributed by atoms with Crippen LogP contribution < -0.4 is 0 Å². The Hall–Kier alpha value is -1.84. The molecule has 0 aliphatic rings. The summed E-state index contributed by atoms with van der Waals surface area (Å²) in [6.07, 6.45) is 6.04. The van der Waals surface area contributed by atoms with Crippen molar-refractivity contribution in [3.63, 3.8) is 0 Å². The number of rotatable bonds is 11. The lowest BCUT2D eigenvalue weighted by Gasteiger charge is -2.20. The topological polar surface area (TPSA) is 52.6 Å². The second kappa shape index (κ2) is 11.7. The van der Waals surface area contributed by atoms with Crippen LogP contribution in [0.1, 0.15) is 86.9 Å². The van der Waals surface area contributed by atoms with Gasteiger partial charge in [-0.2, -0.15) is 0 Å². The Labute approximate surface area is 151 Å². The number of esters is 2. The number of hydrogen-bond donors (Lipinski definition) is 0. The van der Waals surface area contributed by atoms with E-state index in [4.69, 9.17) is 9.47 Å². The summed E-state index contributed by atoms with van der Waals surface area (Å²) in [5.74, 6) is -0.687. The fraction of sp³-hybridized carbons (Fsp3) is 0.619. The molecule has 1 aromatic carbocycles. The highest BCUT2D eigenvalue weighted by molar-refractivity contribution is 6.03. The van der Waals surface area contributed by atoms with E-state index in [0.717, 1.165) is 25.7 Å². The van der Waals surface area contributed by atoms with Gasteiger partial charge < -0.3 is 9.47 Å². The number of hydrogen-bond acceptors (Lipinski definition) is 4. The van der Waals surface area contributed by atoms with Crippen LogP contribution in [0.4, 0.5) is 0 Å². The van der Waals surface area contributed by atoms with E-state index in [1.54, 1.807) is 24.3 Å². The smallest absolute Gasteiger partial charge is 0.339 e. The van der Waals surface area contributed by atoms with Crippen LogP contribution in [0, 0.1) is 5.92 Å². The van der Waals surface area contributed by atoms with Crippen LogP contribution in [-0.4, -0.2) is 24.6 Å². The van der Waals surface area contributed by atoms with Crippen molar-refractivity contribution in [3.8, 4) is 0 Å². The summed E-state index contributed by atoms with van der Waals surface area (Å²) in [5.41, 5.74) is 0.553. The molecule has 0 N–H and O–H groups in total. The molecule has 4 nitrogen and oxygen atoms in total. The molecule has 140 valence electrons. The van der Waals surface area contributed by atoms with Crippen LogP contribution in [-0.2, 0) is 9.47 Å². The normalized spacial score (nSPS) is 12.0. The Morgan fingerprint density at radius 2 is 1.52 bits per heavy atom. The first-order valence-corrected chi connectivity index (χ1v) is 9.48. The molecule has 0 heterocycles. The van der Waals surface area contributed by atoms with Crippen LogP contribution in [0.15, 0.2) is 24.3 Å². The molecule has 1 unspecified atom stereocenters. The van der Waals surface area contributed by atoms with Gasteiger partial charge in [-0.05, 0) is 30.9 Å². The van der Waals surface area contributed by atoms with Crippen molar-refractivity contribution in [1.29, 1.82) is 0 Å². The summed E-state index contributed by atoms with van der Waals surface area (Å²) >= 11 is 0. The Morgan fingerprint density at radius 3 is 2.08 bits per heavy atom. The Kier molecular flexibility index (Phi) is 9.90. The molecular weight excluding hydrogens is 316 g/mol. The largest absolute Gasteiger partial charge is 0.462 e. The zero-order chi connectivity index (χ0) is 18.7. The van der Waals surface area contributed by atoms with Crippen molar-refractivity contribution >= 4 is 11.9 Å². The predicted octanol–water partition coefficient (Wildman–Crippen LogP) is 5.41. The van der Waals surface area contributed by atoms with Gasteiger partial charge in [0.2, 0.25) is 0 Å². The molecule has 25 heavy (non-hydrogen) atoms. The maximum Gasteiger partial charge on any atom is 0.339 e. The van der Waals surface area contributed by atoms with E-state index in [1.165, 1.54) is 12.8 Å². The average Bonchev–Trinajstić information content (AvgIpc) is 2.61. The Bertz CT molecular complexity index is 536. The first-order chi connectivity index (χ1) is 12.0. The van der Waals surface area contributed by atoms with Crippen LogP contribution in [0.25, 0.3) is 0 Å². The molecule has 0 amide bonds. The molecule has 0 aliphatic carbocycles. The van der Waals surface area contributed by atoms with Gasteiger partial charge in [-0.3, -0.25) is 0 Å². The minimum absolute atomic E-state index is 0.157. The summed E-state index contributed by atoms with van der Waals surface area (Å²) in [7, 11) is 0. The second-order valence-electron chi connectivity index (χ2n) is 6.69. The fourth-order valence-corrected chi connectivity index (χ4v) is 2.68. The monoisotopic (exact) mass is 348 g/mol. The summed E-state index contributed by atoms with van der Waals surface area (Å²) in [5, 5.41) is 0. The summed E-state index contributed by atoms with van der Waals surface area (Å²) in [4.78, 5) is 24.8. The van der Waals surface area contributed by atoms with E-state index in [0.29, 0.717) is 6.61 Å². The van der Waals surface area contributed by atoms with Crippen LogP contribution in [0.5, 0.6) is 0 Å². The van der Waals surface area contributed by atoms with Crippen molar-refractivity contribution in [2.24, 2.45) is 5.92 Å². The number of ether oxygens (including phenoxy) is 2. The number of benzene rings is 1. The molecule has 0 radical (unpaired) electrons. The maximum atomic E-state index is 12.5. The summed E-state index contributed by atoms with van der Waals surface area (Å²) < 4.78 is 10.9. The molecule has 4 heteroatoms. The van der Waals surface area contributed by atoms with E-state index in [9.17, 15) is 9.59 Å². The third-order valence-corrected chi connectivity index (χ3v) is 4.25. The van der Waals surface area contributed by atoms with Crippen molar-refractivity contribution in [2.75, 3.05) is 6.61 Å². The SMILES string of the molecule is CCCCCCCOC(=O)c1ccccc1C(=O)OC(CC)C(C)C. The molecule has 1 aromatic rings. The van der Waals surface area contributed by atoms with E-state index in [-0.39, 0.29) is 23.1 Å². The molecule has 0 aliphatic heterocycles. The second-order valence-corrected chi connectivity index (χ2v) is 6.69. The lowest BCUT2D eigenvalue weighted by molar-refractivity contribution is 0.0167. The minimum atomic E-state index is -0.462. The van der Waals surface area contributed by atoms with Crippen LogP contribution >= 0.6 is 0 Å². The van der Waals surface area contributed by atoms with Crippen molar-refractivity contribution < 1.29 is 19.1 Å². The van der Waals surface area contributed by atoms with E-state index in [2.05, 4.69) is 6.92 Å². The third kappa shape index (κ3) is 7.29. The quantitative estimate of drug-likeness (QED) is 0.396. The number of carbonyl (C=O) groups is 2. The van der Waals surface area contributed by atoms with Crippen molar-refractivity contribution in [3.05, 3.63) is 35.4 Å². The molecule has 0 bridgehead atoms. The van der Waals surface area contributed by atoms with Gasteiger partial charge in [0.1, 0.15) is 6.10 Å². The molecule has 0 spiro atoms. The van der Waals surface area contributed by atoms with E-state index < -0.39 is 11.9 Å². The summed E-state index contributed by atoms with van der Waals surface area (Å²) in [6.45, 7) is 8.56. The minimum Gasteiger partial charge on any atom is -0.462 e. The molecule has 1 rings (SSSR count). The van der Waals surface area contributed by atoms with Gasteiger partial charge in [-0.15, -0.1) is 0 Å². The zero-order valence-electron chi connectivity index (χ0n) is 16.0. The molecule has 1 atom stereocenters. The van der Waals surface area contributed by atoms with Crippen LogP contribution in [0.2, 0.25) is 0 Å². The maximum absolute atomic E-state index is 12.5. The third-order valence-electron chi connectivity index (χ3n) is 4.25. The Balaban J connectivity index is 2.66. The Morgan fingerprint density at radius 1 is 0.920 bits per heavy atom. The molecule has 0 fully saturated rings. The van der Waals surface area contributed by atoms with E-state index >= 15 is 0 Å². The summed E-state index contributed by atoms with van der Waals surface area (Å²) in [6, 6.07) is 6.70. The van der Waals surface area contributed by atoms with Gasteiger partial charge in [0, 0.05) is 0 Å². The highest BCUT2D eigenvalue weighted by atomic mass is 16.5. The first-order valence-electron chi connectivity index (χ1n) is 9.48. The number of unbranched alkanes of at least 4 members (excludes halogenated alkanes) is 4. The molecule has 0 aromatic heterocycles. The molecule has 0 saturated carbocycles. The van der Waals surface area contributed by atoms with Gasteiger partial charge in [0.25, 0.3) is 0 Å². The standard InChI is InChI=1S/C21H32O4/c1-5-7-8-9-12-15-24-20(22)17-13-10-11-14-18(17)21(23)25-19(6-2)16(3)4/h10-11,13-14,16,19H,5-9,12,15H2,1-4H3. The van der Waals surface area contributed by atoms with Crippen molar-refractivity contribution in [2.45, 2.75) is 72.3 Å². The van der Waals surface area contributed by atoms with Gasteiger partial charge >= 0.3 is 11.9 Å². The number of carbonyl (C=O) groups excluding carboxylic acids is 2. The highest BCUT2D eigenvalue weighted by Gasteiger charge is 2.22.